The van der Waals surface area contributed by atoms with Gasteiger partial charge in [-0.1, -0.05) is 6.07 Å². The summed E-state index contributed by atoms with van der Waals surface area (Å²) in [6, 6.07) is 7.36. The lowest BCUT2D eigenvalue weighted by Gasteiger charge is -2.05. The molecule has 88 valence electrons. The molecule has 0 fully saturated rings. The summed E-state index contributed by atoms with van der Waals surface area (Å²) in [5, 5.41) is 0. The summed E-state index contributed by atoms with van der Waals surface area (Å²) in [5.41, 5.74) is 7.91. The third-order valence-electron chi connectivity index (χ3n) is 2.28. The van der Waals surface area contributed by atoms with Crippen LogP contribution >= 0.6 is 0 Å². The number of aromatic nitrogens is 2. The van der Waals surface area contributed by atoms with E-state index in [1.54, 1.807) is 12.3 Å². The van der Waals surface area contributed by atoms with E-state index in [4.69, 9.17) is 5.73 Å². The molecule has 2 heterocycles. The average molecular weight is 247 g/mol. The fraction of sp³-hybridized carbons (Fsp3) is 0.167. The first-order chi connectivity index (χ1) is 8.16. The second-order valence-electron chi connectivity index (χ2n) is 3.67. The molecule has 2 N–H and O–H groups in total. The van der Waals surface area contributed by atoms with Crippen molar-refractivity contribution < 1.29 is 4.21 Å². The Labute approximate surface area is 102 Å². The standard InChI is InChI=1S/C12H13N3OS/c1-9-3-2-4-10(15-9)8-17(16)12-5-6-14-7-11(12)13/h2-7H,8,13H2,1H3. The minimum atomic E-state index is -1.18. The lowest BCUT2D eigenvalue weighted by atomic mass is 10.3. The summed E-state index contributed by atoms with van der Waals surface area (Å²) in [4.78, 5) is 8.81. The predicted molar refractivity (Wildman–Crippen MR) is 67.7 cm³/mol. The van der Waals surface area contributed by atoms with Gasteiger partial charge in [0.1, 0.15) is 0 Å². The van der Waals surface area contributed by atoms with Crippen molar-refractivity contribution in [1.29, 1.82) is 0 Å². The van der Waals surface area contributed by atoms with Gasteiger partial charge in [0, 0.05) is 11.9 Å². The normalized spacial score (nSPS) is 12.3. The Bertz CT molecular complexity index is 557. The van der Waals surface area contributed by atoms with Crippen LogP contribution in [-0.4, -0.2) is 14.2 Å². The van der Waals surface area contributed by atoms with Crippen LogP contribution in [0, 0.1) is 6.92 Å². The minimum Gasteiger partial charge on any atom is -0.396 e. The first-order valence-corrected chi connectivity index (χ1v) is 6.49. The zero-order valence-electron chi connectivity index (χ0n) is 9.46. The van der Waals surface area contributed by atoms with Gasteiger partial charge in [-0.25, -0.2) is 0 Å². The number of hydrogen-bond acceptors (Lipinski definition) is 4. The van der Waals surface area contributed by atoms with Crippen molar-refractivity contribution in [1.82, 2.24) is 9.97 Å². The highest BCUT2D eigenvalue weighted by molar-refractivity contribution is 7.84. The molecule has 0 spiro atoms. The molecule has 0 aliphatic heterocycles. The van der Waals surface area contributed by atoms with Crippen molar-refractivity contribution in [3.8, 4) is 0 Å². The minimum absolute atomic E-state index is 0.371. The van der Waals surface area contributed by atoms with Crippen molar-refractivity contribution >= 4 is 16.5 Å². The van der Waals surface area contributed by atoms with Gasteiger partial charge in [-0.05, 0) is 25.1 Å². The van der Waals surface area contributed by atoms with Crippen molar-refractivity contribution in [2.45, 2.75) is 17.6 Å². The topological polar surface area (TPSA) is 68.9 Å². The van der Waals surface area contributed by atoms with E-state index >= 15 is 0 Å². The van der Waals surface area contributed by atoms with Crippen LogP contribution in [0.4, 0.5) is 5.69 Å². The van der Waals surface area contributed by atoms with Crippen LogP contribution in [0.3, 0.4) is 0 Å². The summed E-state index contributed by atoms with van der Waals surface area (Å²) in [5.74, 6) is 0.371. The summed E-state index contributed by atoms with van der Waals surface area (Å²) in [6.45, 7) is 1.91. The first-order valence-electron chi connectivity index (χ1n) is 5.17. The Balaban J connectivity index is 2.20. The molecule has 2 aromatic heterocycles. The maximum Gasteiger partial charge on any atom is 0.0706 e. The van der Waals surface area contributed by atoms with Gasteiger partial charge in [0.15, 0.2) is 0 Å². The number of nitrogens with zero attached hydrogens (tertiary/aromatic N) is 2. The van der Waals surface area contributed by atoms with E-state index in [0.29, 0.717) is 16.3 Å². The van der Waals surface area contributed by atoms with E-state index in [9.17, 15) is 4.21 Å². The SMILES string of the molecule is Cc1cccc(CS(=O)c2ccncc2N)n1. The molecular formula is C12H13N3OS. The molecule has 4 nitrogen and oxygen atoms in total. The molecule has 0 saturated heterocycles. The molecule has 0 bridgehead atoms. The molecule has 0 aliphatic rings. The lowest BCUT2D eigenvalue weighted by Crippen LogP contribution is -2.03. The molecule has 0 aliphatic carbocycles. The van der Waals surface area contributed by atoms with E-state index in [2.05, 4.69) is 9.97 Å². The van der Waals surface area contributed by atoms with Crippen LogP contribution in [0.1, 0.15) is 11.4 Å². The largest absolute Gasteiger partial charge is 0.396 e. The summed E-state index contributed by atoms with van der Waals surface area (Å²) in [7, 11) is -1.18. The number of anilines is 1. The predicted octanol–water partition coefficient (Wildman–Crippen LogP) is 1.68. The summed E-state index contributed by atoms with van der Waals surface area (Å²) < 4.78 is 12.1. The maximum atomic E-state index is 12.1. The van der Waals surface area contributed by atoms with Gasteiger partial charge in [-0.2, -0.15) is 0 Å². The lowest BCUT2D eigenvalue weighted by molar-refractivity contribution is 0.682. The summed E-state index contributed by atoms with van der Waals surface area (Å²) in [6.07, 6.45) is 3.10. The second-order valence-corrected chi connectivity index (χ2v) is 5.09. The number of nitrogens with two attached hydrogens (primary N) is 1. The smallest absolute Gasteiger partial charge is 0.0706 e. The fourth-order valence-corrected chi connectivity index (χ4v) is 2.61. The van der Waals surface area contributed by atoms with E-state index < -0.39 is 10.8 Å². The molecule has 5 heteroatoms. The summed E-state index contributed by atoms with van der Waals surface area (Å²) >= 11 is 0. The molecule has 1 atom stereocenters. The van der Waals surface area contributed by atoms with Crippen LogP contribution < -0.4 is 5.73 Å². The van der Waals surface area contributed by atoms with E-state index in [1.165, 1.54) is 6.20 Å². The third kappa shape index (κ3) is 2.88. The van der Waals surface area contributed by atoms with E-state index in [-0.39, 0.29) is 0 Å². The van der Waals surface area contributed by atoms with Crippen molar-refractivity contribution in [2.75, 3.05) is 5.73 Å². The highest BCUT2D eigenvalue weighted by atomic mass is 32.2. The van der Waals surface area contributed by atoms with Crippen LogP contribution in [-0.2, 0) is 16.6 Å². The van der Waals surface area contributed by atoms with Gasteiger partial charge in [-0.3, -0.25) is 14.2 Å². The third-order valence-corrected chi connectivity index (χ3v) is 3.70. The van der Waals surface area contributed by atoms with Gasteiger partial charge < -0.3 is 5.73 Å². The van der Waals surface area contributed by atoms with Crippen LogP contribution in [0.5, 0.6) is 0 Å². The quantitative estimate of drug-likeness (QED) is 0.895. The Morgan fingerprint density at radius 3 is 2.88 bits per heavy atom. The molecule has 0 radical (unpaired) electrons. The Hall–Kier alpha value is -1.75. The molecule has 0 aromatic carbocycles. The molecular weight excluding hydrogens is 234 g/mol. The highest BCUT2D eigenvalue weighted by Crippen LogP contribution is 2.16. The zero-order valence-corrected chi connectivity index (χ0v) is 10.3. The maximum absolute atomic E-state index is 12.1. The Morgan fingerprint density at radius 1 is 1.35 bits per heavy atom. The van der Waals surface area contributed by atoms with Crippen LogP contribution in [0.2, 0.25) is 0 Å². The Morgan fingerprint density at radius 2 is 2.18 bits per heavy atom. The second kappa shape index (κ2) is 5.05. The van der Waals surface area contributed by atoms with Gasteiger partial charge in [-0.15, -0.1) is 0 Å². The number of hydrogen-bond donors (Lipinski definition) is 1. The molecule has 2 aromatic rings. The number of pyridine rings is 2. The number of rotatable bonds is 3. The van der Waals surface area contributed by atoms with Crippen LogP contribution in [0.25, 0.3) is 0 Å². The number of aryl methyl sites for hydroxylation is 1. The molecule has 0 amide bonds. The fourth-order valence-electron chi connectivity index (χ4n) is 1.49. The number of nitrogen functional groups attached to an aromatic ring is 1. The monoisotopic (exact) mass is 247 g/mol. The highest BCUT2D eigenvalue weighted by Gasteiger charge is 2.09. The molecule has 17 heavy (non-hydrogen) atoms. The van der Waals surface area contributed by atoms with E-state index in [0.717, 1.165) is 11.4 Å². The van der Waals surface area contributed by atoms with Gasteiger partial charge in [0.05, 0.1) is 39.0 Å². The van der Waals surface area contributed by atoms with Crippen molar-refractivity contribution in [2.24, 2.45) is 0 Å². The Kier molecular flexibility index (Phi) is 3.49. The molecule has 1 unspecified atom stereocenters. The van der Waals surface area contributed by atoms with Crippen molar-refractivity contribution in [3.63, 3.8) is 0 Å². The molecule has 0 saturated carbocycles. The van der Waals surface area contributed by atoms with Crippen molar-refractivity contribution in [3.05, 3.63) is 48.0 Å². The zero-order chi connectivity index (χ0) is 12.3. The average Bonchev–Trinajstić information content (AvgIpc) is 2.29. The van der Waals surface area contributed by atoms with Gasteiger partial charge >= 0.3 is 0 Å². The van der Waals surface area contributed by atoms with Crippen LogP contribution in [0.15, 0.2) is 41.6 Å². The first kappa shape index (κ1) is 11.7. The molecule has 2 rings (SSSR count). The van der Waals surface area contributed by atoms with Gasteiger partial charge in [0.25, 0.3) is 0 Å². The van der Waals surface area contributed by atoms with Gasteiger partial charge in [0.2, 0.25) is 0 Å². The van der Waals surface area contributed by atoms with E-state index in [1.807, 2.05) is 25.1 Å².